The molecule has 1 fully saturated rings. The molecule has 1 aliphatic rings. The van der Waals surface area contributed by atoms with Gasteiger partial charge in [0.05, 0.1) is 12.7 Å². The summed E-state index contributed by atoms with van der Waals surface area (Å²) in [5.41, 5.74) is 2.04. The molecule has 0 radical (unpaired) electrons. The van der Waals surface area contributed by atoms with Crippen molar-refractivity contribution in [1.82, 2.24) is 10.6 Å². The van der Waals surface area contributed by atoms with E-state index in [0.717, 1.165) is 29.7 Å². The number of ether oxygens (including phenoxy) is 2. The van der Waals surface area contributed by atoms with Crippen molar-refractivity contribution in [1.29, 1.82) is 0 Å². The minimum Gasteiger partial charge on any atom is -0.497 e. The van der Waals surface area contributed by atoms with E-state index in [2.05, 4.69) is 10.6 Å². The Kier molecular flexibility index (Phi) is 6.72. The molecule has 0 unspecified atom stereocenters. The summed E-state index contributed by atoms with van der Waals surface area (Å²) >= 11 is 0. The second kappa shape index (κ2) is 9.43. The molecule has 0 bridgehead atoms. The molecule has 3 rings (SSSR count). The van der Waals surface area contributed by atoms with Crippen molar-refractivity contribution in [3.8, 4) is 5.75 Å². The maximum absolute atomic E-state index is 12.3. The number of carbonyl (C=O) groups excluding carboxylic acids is 1. The summed E-state index contributed by atoms with van der Waals surface area (Å²) in [6, 6.07) is 14.2. The van der Waals surface area contributed by atoms with Crippen LogP contribution in [-0.2, 0) is 16.7 Å². The van der Waals surface area contributed by atoms with Crippen LogP contribution < -0.4 is 15.4 Å². The van der Waals surface area contributed by atoms with Crippen molar-refractivity contribution in [2.45, 2.75) is 24.8 Å². The third kappa shape index (κ3) is 5.26. The lowest BCUT2D eigenvalue weighted by molar-refractivity contribution is 0.0506. The molecule has 0 aliphatic carbocycles. The van der Waals surface area contributed by atoms with Gasteiger partial charge in [-0.05, 0) is 48.2 Å². The van der Waals surface area contributed by atoms with Crippen LogP contribution in [0.1, 0.15) is 34.3 Å². The normalized spacial score (nSPS) is 15.3. The zero-order valence-electron chi connectivity index (χ0n) is 16.4. The first-order valence-electron chi connectivity index (χ1n) is 9.59. The Hall–Kier alpha value is -3.06. The van der Waals surface area contributed by atoms with Crippen LogP contribution >= 0.6 is 0 Å². The Bertz CT molecular complexity index is 827. The van der Waals surface area contributed by atoms with Crippen molar-refractivity contribution in [3.05, 3.63) is 65.2 Å². The number of hydrogen-bond donors (Lipinski definition) is 3. The van der Waals surface area contributed by atoms with Gasteiger partial charge in [0.2, 0.25) is 0 Å². The van der Waals surface area contributed by atoms with Gasteiger partial charge in [0.15, 0.2) is 0 Å². The number of nitrogens with one attached hydrogen (secondary N) is 2. The van der Waals surface area contributed by atoms with Crippen LogP contribution in [0.3, 0.4) is 0 Å². The van der Waals surface area contributed by atoms with Crippen LogP contribution in [0.4, 0.5) is 4.79 Å². The highest BCUT2D eigenvalue weighted by atomic mass is 16.5. The first-order valence-corrected chi connectivity index (χ1v) is 9.59. The Labute approximate surface area is 170 Å². The standard InChI is InChI=1S/C22H26N2O5/c1-28-19-8-6-18(7-9-19)22(10-12-29-13-11-22)15-24-21(27)23-14-16-2-4-17(5-3-16)20(25)26/h2-9H,10-15H2,1H3,(H,25,26)(H2,23,24,27). The zero-order chi connectivity index (χ0) is 20.7. The van der Waals surface area contributed by atoms with E-state index in [4.69, 9.17) is 14.6 Å². The lowest BCUT2D eigenvalue weighted by Crippen LogP contribution is -2.47. The molecule has 1 saturated heterocycles. The van der Waals surface area contributed by atoms with Gasteiger partial charge in [-0.25, -0.2) is 9.59 Å². The van der Waals surface area contributed by atoms with Gasteiger partial charge in [-0.15, -0.1) is 0 Å². The SMILES string of the molecule is COc1ccc(C2(CNC(=O)NCc3ccc(C(=O)O)cc3)CCOCC2)cc1. The van der Waals surface area contributed by atoms with E-state index in [1.165, 1.54) is 12.1 Å². The molecule has 1 heterocycles. The Balaban J connectivity index is 1.58. The summed E-state index contributed by atoms with van der Waals surface area (Å²) in [6.45, 7) is 2.15. The van der Waals surface area contributed by atoms with Gasteiger partial charge < -0.3 is 25.2 Å². The van der Waals surface area contributed by atoms with Crippen LogP contribution in [0.2, 0.25) is 0 Å². The van der Waals surface area contributed by atoms with Gasteiger partial charge in [-0.3, -0.25) is 0 Å². The van der Waals surface area contributed by atoms with Crippen molar-refractivity contribution in [3.63, 3.8) is 0 Å². The lowest BCUT2D eigenvalue weighted by atomic mass is 9.74. The van der Waals surface area contributed by atoms with Gasteiger partial charge in [0.1, 0.15) is 5.75 Å². The topological polar surface area (TPSA) is 96.9 Å². The Morgan fingerprint density at radius 2 is 1.69 bits per heavy atom. The largest absolute Gasteiger partial charge is 0.497 e. The summed E-state index contributed by atoms with van der Waals surface area (Å²) in [6.07, 6.45) is 1.66. The Morgan fingerprint density at radius 3 is 2.28 bits per heavy atom. The zero-order valence-corrected chi connectivity index (χ0v) is 16.4. The number of aromatic carboxylic acids is 1. The first kappa shape index (κ1) is 20.7. The van der Waals surface area contributed by atoms with Gasteiger partial charge >= 0.3 is 12.0 Å². The molecule has 3 N–H and O–H groups in total. The number of amides is 2. The molecule has 7 heteroatoms. The van der Waals surface area contributed by atoms with Crippen molar-refractivity contribution in [2.24, 2.45) is 0 Å². The van der Waals surface area contributed by atoms with Crippen LogP contribution in [0, 0.1) is 0 Å². The fourth-order valence-electron chi connectivity index (χ4n) is 3.53. The van der Waals surface area contributed by atoms with E-state index < -0.39 is 5.97 Å². The first-order chi connectivity index (χ1) is 14.0. The van der Waals surface area contributed by atoms with Gasteiger partial charge in [0.25, 0.3) is 0 Å². The third-order valence-electron chi connectivity index (χ3n) is 5.39. The molecule has 2 aromatic rings. The van der Waals surface area contributed by atoms with E-state index in [-0.39, 0.29) is 17.0 Å². The highest BCUT2D eigenvalue weighted by Gasteiger charge is 2.34. The Morgan fingerprint density at radius 1 is 1.03 bits per heavy atom. The molecular formula is C22H26N2O5. The molecule has 2 aromatic carbocycles. The molecule has 1 aliphatic heterocycles. The minimum atomic E-state index is -0.970. The van der Waals surface area contributed by atoms with E-state index in [1.807, 2.05) is 24.3 Å². The number of carbonyl (C=O) groups is 2. The second-order valence-corrected chi connectivity index (χ2v) is 7.16. The van der Waals surface area contributed by atoms with Crippen LogP contribution in [0.15, 0.2) is 48.5 Å². The van der Waals surface area contributed by atoms with Gasteiger partial charge in [0, 0.05) is 31.7 Å². The quantitative estimate of drug-likeness (QED) is 0.666. The summed E-state index contributed by atoms with van der Waals surface area (Å²) in [5, 5.41) is 14.8. The predicted molar refractivity (Wildman–Crippen MR) is 108 cm³/mol. The molecule has 0 spiro atoms. The van der Waals surface area contributed by atoms with Crippen molar-refractivity contribution < 1.29 is 24.2 Å². The van der Waals surface area contributed by atoms with Gasteiger partial charge in [-0.1, -0.05) is 24.3 Å². The van der Waals surface area contributed by atoms with Crippen LogP contribution in [0.5, 0.6) is 5.75 Å². The summed E-state index contributed by atoms with van der Waals surface area (Å²) in [5.74, 6) is -0.168. The van der Waals surface area contributed by atoms with Crippen molar-refractivity contribution in [2.75, 3.05) is 26.9 Å². The number of methoxy groups -OCH3 is 1. The number of urea groups is 1. The number of rotatable bonds is 7. The fraction of sp³-hybridized carbons (Fsp3) is 0.364. The predicted octanol–water partition coefficient (Wildman–Crippen LogP) is 2.94. The lowest BCUT2D eigenvalue weighted by Gasteiger charge is -2.38. The monoisotopic (exact) mass is 398 g/mol. The molecular weight excluding hydrogens is 372 g/mol. The number of benzene rings is 2. The molecule has 7 nitrogen and oxygen atoms in total. The second-order valence-electron chi connectivity index (χ2n) is 7.16. The molecule has 0 saturated carbocycles. The maximum Gasteiger partial charge on any atom is 0.335 e. The van der Waals surface area contributed by atoms with E-state index >= 15 is 0 Å². The maximum atomic E-state index is 12.3. The van der Waals surface area contributed by atoms with Gasteiger partial charge in [-0.2, -0.15) is 0 Å². The number of hydrogen-bond acceptors (Lipinski definition) is 4. The smallest absolute Gasteiger partial charge is 0.335 e. The highest BCUT2D eigenvalue weighted by molar-refractivity contribution is 5.87. The van der Waals surface area contributed by atoms with E-state index in [9.17, 15) is 9.59 Å². The number of carboxylic acids is 1. The highest BCUT2D eigenvalue weighted by Crippen LogP contribution is 2.35. The molecule has 2 amide bonds. The average Bonchev–Trinajstić information content (AvgIpc) is 2.77. The molecule has 0 aromatic heterocycles. The van der Waals surface area contributed by atoms with E-state index in [0.29, 0.717) is 26.3 Å². The molecule has 0 atom stereocenters. The third-order valence-corrected chi connectivity index (χ3v) is 5.39. The summed E-state index contributed by atoms with van der Waals surface area (Å²) in [4.78, 5) is 23.2. The molecule has 29 heavy (non-hydrogen) atoms. The average molecular weight is 398 g/mol. The van der Waals surface area contributed by atoms with Crippen LogP contribution in [-0.4, -0.2) is 44.0 Å². The number of carboxylic acid groups (broad SMARTS) is 1. The fourth-order valence-corrected chi connectivity index (χ4v) is 3.53. The van der Waals surface area contributed by atoms with E-state index in [1.54, 1.807) is 19.2 Å². The molecule has 154 valence electrons. The summed E-state index contributed by atoms with van der Waals surface area (Å²) in [7, 11) is 1.64. The summed E-state index contributed by atoms with van der Waals surface area (Å²) < 4.78 is 10.8. The minimum absolute atomic E-state index is 0.176. The van der Waals surface area contributed by atoms with Crippen LogP contribution in [0.25, 0.3) is 0 Å². The van der Waals surface area contributed by atoms with Crippen molar-refractivity contribution >= 4 is 12.0 Å².